The summed E-state index contributed by atoms with van der Waals surface area (Å²) in [6.45, 7) is 0. The second-order valence-electron chi connectivity index (χ2n) is 3.50. The summed E-state index contributed by atoms with van der Waals surface area (Å²) in [6.07, 6.45) is 0. The number of nitrogens with two attached hydrogens (primary N) is 1. The van der Waals surface area contributed by atoms with Gasteiger partial charge in [-0.3, -0.25) is 0 Å². The van der Waals surface area contributed by atoms with E-state index in [1.165, 1.54) is 0 Å². The Balaban J connectivity index is 2.42. The van der Waals surface area contributed by atoms with Crippen LogP contribution < -0.4 is 10.5 Å². The maximum Gasteiger partial charge on any atom is 0.118 e. The fraction of sp³-hybridized carbons (Fsp3) is 0.0769. The number of hydrogen-bond donors (Lipinski definition) is 1. The van der Waals surface area contributed by atoms with Crippen molar-refractivity contribution in [2.45, 2.75) is 0 Å². The summed E-state index contributed by atoms with van der Waals surface area (Å²) >= 11 is 3.43. The number of anilines is 1. The number of nitrogen functional groups attached to an aromatic ring is 1. The third-order valence-corrected chi connectivity index (χ3v) is 2.80. The zero-order valence-electron chi connectivity index (χ0n) is 8.91. The summed E-state index contributed by atoms with van der Waals surface area (Å²) in [7, 11) is 1.66. The van der Waals surface area contributed by atoms with Gasteiger partial charge in [0.2, 0.25) is 0 Å². The third kappa shape index (κ3) is 2.36. The van der Waals surface area contributed by atoms with E-state index in [4.69, 9.17) is 10.5 Å². The van der Waals surface area contributed by atoms with E-state index < -0.39 is 0 Å². The number of halogens is 1. The minimum absolute atomic E-state index is 0.750. The van der Waals surface area contributed by atoms with E-state index in [2.05, 4.69) is 15.9 Å². The molecule has 0 aromatic heterocycles. The summed E-state index contributed by atoms with van der Waals surface area (Å²) in [5.74, 6) is 0.853. The SMILES string of the molecule is COc1ccc(-c2cc(N)cc(Br)c2)cc1. The highest BCUT2D eigenvalue weighted by Crippen LogP contribution is 2.27. The van der Waals surface area contributed by atoms with E-state index in [-0.39, 0.29) is 0 Å². The molecular weight excluding hydrogens is 266 g/mol. The van der Waals surface area contributed by atoms with Gasteiger partial charge in [-0.1, -0.05) is 28.1 Å². The highest BCUT2D eigenvalue weighted by molar-refractivity contribution is 9.10. The molecule has 2 rings (SSSR count). The van der Waals surface area contributed by atoms with Crippen LogP contribution in [-0.2, 0) is 0 Å². The molecule has 0 radical (unpaired) electrons. The number of benzene rings is 2. The molecule has 0 aliphatic heterocycles. The summed E-state index contributed by atoms with van der Waals surface area (Å²) in [4.78, 5) is 0. The Labute approximate surface area is 103 Å². The van der Waals surface area contributed by atoms with Gasteiger partial charge in [-0.15, -0.1) is 0 Å². The van der Waals surface area contributed by atoms with Crippen LogP contribution in [0.3, 0.4) is 0 Å². The van der Waals surface area contributed by atoms with Crippen LogP contribution in [0.25, 0.3) is 11.1 Å². The van der Waals surface area contributed by atoms with Gasteiger partial charge in [0.25, 0.3) is 0 Å². The van der Waals surface area contributed by atoms with Crippen molar-refractivity contribution in [1.82, 2.24) is 0 Å². The van der Waals surface area contributed by atoms with Crippen molar-refractivity contribution in [3.8, 4) is 16.9 Å². The largest absolute Gasteiger partial charge is 0.497 e. The molecule has 2 aromatic rings. The van der Waals surface area contributed by atoms with Gasteiger partial charge in [0, 0.05) is 10.2 Å². The summed E-state index contributed by atoms with van der Waals surface area (Å²) in [5, 5.41) is 0. The lowest BCUT2D eigenvalue weighted by Crippen LogP contribution is -1.87. The zero-order valence-corrected chi connectivity index (χ0v) is 10.5. The normalized spacial score (nSPS) is 10.1. The molecule has 16 heavy (non-hydrogen) atoms. The minimum Gasteiger partial charge on any atom is -0.497 e. The maximum atomic E-state index is 5.80. The summed E-state index contributed by atoms with van der Waals surface area (Å²) in [6, 6.07) is 13.8. The van der Waals surface area contributed by atoms with Crippen LogP contribution in [0.4, 0.5) is 5.69 Å². The molecule has 0 fully saturated rings. The van der Waals surface area contributed by atoms with E-state index in [0.29, 0.717) is 0 Å². The fourth-order valence-electron chi connectivity index (χ4n) is 1.56. The smallest absolute Gasteiger partial charge is 0.118 e. The minimum atomic E-state index is 0.750. The van der Waals surface area contributed by atoms with E-state index in [0.717, 1.165) is 27.0 Å². The van der Waals surface area contributed by atoms with Crippen molar-refractivity contribution in [1.29, 1.82) is 0 Å². The van der Waals surface area contributed by atoms with Crippen LogP contribution in [-0.4, -0.2) is 7.11 Å². The molecule has 0 amide bonds. The molecular formula is C13H12BrNO. The molecule has 0 atom stereocenters. The van der Waals surface area contributed by atoms with Crippen LogP contribution in [0.15, 0.2) is 46.9 Å². The van der Waals surface area contributed by atoms with Gasteiger partial charge in [-0.2, -0.15) is 0 Å². The fourth-order valence-corrected chi connectivity index (χ4v) is 2.07. The Bertz CT molecular complexity index is 474. The van der Waals surface area contributed by atoms with Crippen LogP contribution >= 0.6 is 15.9 Å². The Kier molecular flexibility index (Phi) is 3.15. The molecule has 0 spiro atoms. The highest BCUT2D eigenvalue weighted by atomic mass is 79.9. The van der Waals surface area contributed by atoms with Crippen LogP contribution in [0.1, 0.15) is 0 Å². The Morgan fingerprint density at radius 1 is 1.00 bits per heavy atom. The quantitative estimate of drug-likeness (QED) is 0.850. The number of ether oxygens (including phenoxy) is 1. The van der Waals surface area contributed by atoms with Gasteiger partial charge in [0.1, 0.15) is 5.75 Å². The molecule has 0 aliphatic rings. The molecule has 0 saturated heterocycles. The van der Waals surface area contributed by atoms with Gasteiger partial charge in [-0.25, -0.2) is 0 Å². The molecule has 0 heterocycles. The molecule has 0 saturated carbocycles. The van der Waals surface area contributed by atoms with Crippen molar-refractivity contribution < 1.29 is 4.74 Å². The molecule has 3 heteroatoms. The van der Waals surface area contributed by atoms with Crippen LogP contribution in [0.2, 0.25) is 0 Å². The summed E-state index contributed by atoms with van der Waals surface area (Å²) < 4.78 is 6.10. The number of methoxy groups -OCH3 is 1. The predicted molar refractivity (Wildman–Crippen MR) is 70.5 cm³/mol. The topological polar surface area (TPSA) is 35.2 Å². The van der Waals surface area contributed by atoms with Gasteiger partial charge < -0.3 is 10.5 Å². The highest BCUT2D eigenvalue weighted by Gasteiger charge is 2.00. The second kappa shape index (κ2) is 4.58. The molecule has 82 valence electrons. The van der Waals surface area contributed by atoms with Crippen molar-refractivity contribution in [2.24, 2.45) is 0 Å². The van der Waals surface area contributed by atoms with Crippen molar-refractivity contribution in [3.63, 3.8) is 0 Å². The maximum absolute atomic E-state index is 5.80. The molecule has 2 nitrogen and oxygen atoms in total. The number of hydrogen-bond acceptors (Lipinski definition) is 2. The first-order valence-electron chi connectivity index (χ1n) is 4.89. The lowest BCUT2D eigenvalue weighted by molar-refractivity contribution is 0.415. The van der Waals surface area contributed by atoms with E-state index >= 15 is 0 Å². The van der Waals surface area contributed by atoms with E-state index in [9.17, 15) is 0 Å². The summed E-state index contributed by atoms with van der Waals surface area (Å²) in [5.41, 5.74) is 8.76. The Hall–Kier alpha value is -1.48. The van der Waals surface area contributed by atoms with Crippen LogP contribution in [0, 0.1) is 0 Å². The van der Waals surface area contributed by atoms with Gasteiger partial charge >= 0.3 is 0 Å². The first-order valence-corrected chi connectivity index (χ1v) is 5.69. The molecule has 2 N–H and O–H groups in total. The molecule has 2 aromatic carbocycles. The lowest BCUT2D eigenvalue weighted by Gasteiger charge is -2.05. The van der Waals surface area contributed by atoms with E-state index in [1.54, 1.807) is 7.11 Å². The zero-order chi connectivity index (χ0) is 11.5. The molecule has 0 unspecified atom stereocenters. The first-order chi connectivity index (χ1) is 7.69. The average molecular weight is 278 g/mol. The van der Waals surface area contributed by atoms with Crippen molar-refractivity contribution >= 4 is 21.6 Å². The Morgan fingerprint density at radius 3 is 2.25 bits per heavy atom. The first kappa shape index (κ1) is 11.0. The monoisotopic (exact) mass is 277 g/mol. The van der Waals surface area contributed by atoms with Gasteiger partial charge in [0.15, 0.2) is 0 Å². The standard InChI is InChI=1S/C13H12BrNO/c1-16-13-4-2-9(3-5-13)10-6-11(14)8-12(15)7-10/h2-8H,15H2,1H3. The average Bonchev–Trinajstić information content (AvgIpc) is 2.28. The van der Waals surface area contributed by atoms with Crippen molar-refractivity contribution in [3.05, 3.63) is 46.9 Å². The van der Waals surface area contributed by atoms with Gasteiger partial charge in [0.05, 0.1) is 7.11 Å². The second-order valence-corrected chi connectivity index (χ2v) is 4.42. The lowest BCUT2D eigenvalue weighted by atomic mass is 10.1. The third-order valence-electron chi connectivity index (χ3n) is 2.34. The van der Waals surface area contributed by atoms with Crippen molar-refractivity contribution in [2.75, 3.05) is 12.8 Å². The molecule has 0 bridgehead atoms. The van der Waals surface area contributed by atoms with Gasteiger partial charge in [-0.05, 0) is 41.5 Å². The van der Waals surface area contributed by atoms with Crippen LogP contribution in [0.5, 0.6) is 5.75 Å². The number of rotatable bonds is 2. The molecule has 0 aliphatic carbocycles. The Morgan fingerprint density at radius 2 is 1.69 bits per heavy atom. The van der Waals surface area contributed by atoms with E-state index in [1.807, 2.05) is 42.5 Å². The predicted octanol–water partition coefficient (Wildman–Crippen LogP) is 3.71.